The van der Waals surface area contributed by atoms with E-state index < -0.39 is 15.9 Å². The number of hydrogen-bond acceptors (Lipinski definition) is 3. The van der Waals surface area contributed by atoms with Crippen LogP contribution in [0.2, 0.25) is 0 Å². The first-order chi connectivity index (χ1) is 7.42. The van der Waals surface area contributed by atoms with Crippen LogP contribution in [0.5, 0.6) is 0 Å². The summed E-state index contributed by atoms with van der Waals surface area (Å²) < 4.78 is 25.4. The number of carbonyl (C=O) groups excluding carboxylic acids is 1. The number of amides is 1. The first-order valence-electron chi connectivity index (χ1n) is 5.02. The second kappa shape index (κ2) is 5.12. The molecule has 1 N–H and O–H groups in total. The molecule has 0 fully saturated rings. The van der Waals surface area contributed by atoms with Gasteiger partial charge >= 0.3 is 0 Å². The normalized spacial score (nSPS) is 11.4. The second-order valence-corrected chi connectivity index (χ2v) is 5.62. The van der Waals surface area contributed by atoms with Crippen molar-refractivity contribution in [3.8, 4) is 0 Å². The highest BCUT2D eigenvalue weighted by Crippen LogP contribution is 2.08. The molecule has 0 saturated heterocycles. The number of hydrogen-bond donors (Lipinski definition) is 1. The summed E-state index contributed by atoms with van der Waals surface area (Å²) in [6.07, 6.45) is 0.200. The summed E-state index contributed by atoms with van der Waals surface area (Å²) in [6.45, 7) is 3.71. The first-order valence-corrected chi connectivity index (χ1v) is 6.51. The lowest BCUT2D eigenvalue weighted by Crippen LogP contribution is -2.31. The summed E-state index contributed by atoms with van der Waals surface area (Å²) in [5.41, 5.74) is 0. The summed E-state index contributed by atoms with van der Waals surface area (Å²) in [4.78, 5) is 11.5. The summed E-state index contributed by atoms with van der Waals surface area (Å²) in [5.74, 6) is -0.343. The minimum absolute atomic E-state index is 0.104. The molecular formula is C11H15NO3S. The van der Waals surface area contributed by atoms with E-state index in [2.05, 4.69) is 0 Å². The molecule has 4 nitrogen and oxygen atoms in total. The third-order valence-corrected chi connectivity index (χ3v) is 3.28. The van der Waals surface area contributed by atoms with Crippen LogP contribution in [0.15, 0.2) is 35.2 Å². The summed E-state index contributed by atoms with van der Waals surface area (Å²) >= 11 is 0. The van der Waals surface area contributed by atoms with Gasteiger partial charge in [0.15, 0.2) is 0 Å². The van der Waals surface area contributed by atoms with Crippen LogP contribution < -0.4 is 4.72 Å². The van der Waals surface area contributed by atoms with Gasteiger partial charge in [-0.1, -0.05) is 32.0 Å². The molecule has 1 amide bonds. The quantitative estimate of drug-likeness (QED) is 0.869. The average Bonchev–Trinajstić information content (AvgIpc) is 2.16. The molecule has 1 rings (SSSR count). The van der Waals surface area contributed by atoms with Gasteiger partial charge in [-0.3, -0.25) is 4.79 Å². The molecule has 0 aliphatic heterocycles. The van der Waals surface area contributed by atoms with Crippen LogP contribution in [0, 0.1) is 5.92 Å². The molecule has 1 aromatic rings. The van der Waals surface area contributed by atoms with E-state index in [0.717, 1.165) is 0 Å². The van der Waals surface area contributed by atoms with Gasteiger partial charge in [0.05, 0.1) is 4.90 Å². The van der Waals surface area contributed by atoms with Crippen LogP contribution in [0.1, 0.15) is 20.3 Å². The molecule has 0 saturated carbocycles. The van der Waals surface area contributed by atoms with E-state index in [4.69, 9.17) is 0 Å². The van der Waals surface area contributed by atoms with Crippen molar-refractivity contribution < 1.29 is 13.2 Å². The molecule has 0 heterocycles. The summed E-state index contributed by atoms with van der Waals surface area (Å²) in [5, 5.41) is 0. The van der Waals surface area contributed by atoms with E-state index in [-0.39, 0.29) is 17.2 Å². The molecule has 0 bridgehead atoms. The van der Waals surface area contributed by atoms with E-state index in [0.29, 0.717) is 0 Å². The third-order valence-electron chi connectivity index (χ3n) is 1.90. The number of nitrogens with one attached hydrogen (secondary N) is 1. The van der Waals surface area contributed by atoms with E-state index in [1.54, 1.807) is 18.2 Å². The Morgan fingerprint density at radius 3 is 2.31 bits per heavy atom. The highest BCUT2D eigenvalue weighted by atomic mass is 32.2. The predicted molar refractivity (Wildman–Crippen MR) is 61.2 cm³/mol. The van der Waals surface area contributed by atoms with Crippen molar-refractivity contribution in [2.24, 2.45) is 5.92 Å². The molecule has 1 aromatic carbocycles. The molecule has 0 aromatic heterocycles. The highest BCUT2D eigenvalue weighted by molar-refractivity contribution is 7.90. The van der Waals surface area contributed by atoms with Crippen LogP contribution in [-0.4, -0.2) is 14.3 Å². The minimum Gasteiger partial charge on any atom is -0.274 e. The van der Waals surface area contributed by atoms with Crippen molar-refractivity contribution in [2.45, 2.75) is 25.2 Å². The smallest absolute Gasteiger partial charge is 0.264 e. The molecule has 0 unspecified atom stereocenters. The van der Waals surface area contributed by atoms with Crippen molar-refractivity contribution in [2.75, 3.05) is 0 Å². The Hall–Kier alpha value is -1.36. The van der Waals surface area contributed by atoms with Gasteiger partial charge in [-0.05, 0) is 18.1 Å². The zero-order valence-electron chi connectivity index (χ0n) is 9.30. The van der Waals surface area contributed by atoms with Crippen molar-refractivity contribution in [1.82, 2.24) is 4.72 Å². The van der Waals surface area contributed by atoms with E-state index in [1.807, 2.05) is 18.6 Å². The largest absolute Gasteiger partial charge is 0.274 e. The first kappa shape index (κ1) is 12.7. The Bertz CT molecular complexity index is 451. The maximum Gasteiger partial charge on any atom is 0.264 e. The third kappa shape index (κ3) is 3.66. The van der Waals surface area contributed by atoms with Gasteiger partial charge in [-0.25, -0.2) is 13.1 Å². The van der Waals surface area contributed by atoms with Crippen molar-refractivity contribution >= 4 is 15.9 Å². The van der Waals surface area contributed by atoms with Gasteiger partial charge < -0.3 is 0 Å². The molecule has 88 valence electrons. The summed E-state index contributed by atoms with van der Waals surface area (Å²) in [6, 6.07) is 7.84. The molecular weight excluding hydrogens is 226 g/mol. The van der Waals surface area contributed by atoms with Gasteiger partial charge in [-0.2, -0.15) is 0 Å². The fraction of sp³-hybridized carbons (Fsp3) is 0.364. The van der Waals surface area contributed by atoms with E-state index >= 15 is 0 Å². The van der Waals surface area contributed by atoms with E-state index in [9.17, 15) is 13.2 Å². The fourth-order valence-electron chi connectivity index (χ4n) is 1.22. The lowest BCUT2D eigenvalue weighted by atomic mass is 10.1. The van der Waals surface area contributed by atoms with Gasteiger partial charge in [0.25, 0.3) is 10.0 Å². The minimum atomic E-state index is -3.70. The van der Waals surface area contributed by atoms with Crippen molar-refractivity contribution in [3.63, 3.8) is 0 Å². The Morgan fingerprint density at radius 2 is 1.81 bits per heavy atom. The highest BCUT2D eigenvalue weighted by Gasteiger charge is 2.17. The molecule has 0 atom stereocenters. The Morgan fingerprint density at radius 1 is 1.25 bits per heavy atom. The number of sulfonamides is 1. The average molecular weight is 241 g/mol. The number of carbonyl (C=O) groups is 1. The monoisotopic (exact) mass is 241 g/mol. The van der Waals surface area contributed by atoms with Crippen LogP contribution in [0.4, 0.5) is 0 Å². The van der Waals surface area contributed by atoms with E-state index in [1.165, 1.54) is 12.1 Å². The maximum absolute atomic E-state index is 11.7. The van der Waals surface area contributed by atoms with Crippen molar-refractivity contribution in [1.29, 1.82) is 0 Å². The van der Waals surface area contributed by atoms with Crippen LogP contribution in [-0.2, 0) is 14.8 Å². The molecule has 0 aliphatic rings. The van der Waals surface area contributed by atoms with Gasteiger partial charge in [0.1, 0.15) is 0 Å². The predicted octanol–water partition coefficient (Wildman–Crippen LogP) is 1.54. The molecule has 0 aliphatic carbocycles. The lowest BCUT2D eigenvalue weighted by molar-refractivity contribution is -0.120. The van der Waals surface area contributed by atoms with Gasteiger partial charge in [0, 0.05) is 6.42 Å². The lowest BCUT2D eigenvalue weighted by Gasteiger charge is -2.07. The zero-order chi connectivity index (χ0) is 12.2. The molecule has 5 heteroatoms. The molecule has 0 radical (unpaired) electrons. The number of benzene rings is 1. The Balaban J connectivity index is 2.78. The van der Waals surface area contributed by atoms with Gasteiger partial charge in [-0.15, -0.1) is 0 Å². The SMILES string of the molecule is CC(C)CC(=O)NS(=O)(=O)c1ccccc1. The van der Waals surface area contributed by atoms with Crippen molar-refractivity contribution in [3.05, 3.63) is 30.3 Å². The van der Waals surface area contributed by atoms with Crippen LogP contribution in [0.3, 0.4) is 0 Å². The fourth-order valence-corrected chi connectivity index (χ4v) is 2.24. The zero-order valence-corrected chi connectivity index (χ0v) is 10.1. The van der Waals surface area contributed by atoms with Crippen LogP contribution in [0.25, 0.3) is 0 Å². The standard InChI is InChI=1S/C11H15NO3S/c1-9(2)8-11(13)12-16(14,15)10-6-4-3-5-7-10/h3-7,9H,8H2,1-2H3,(H,12,13). The second-order valence-electron chi connectivity index (χ2n) is 3.94. The topological polar surface area (TPSA) is 63.2 Å². The Kier molecular flexibility index (Phi) is 4.06. The van der Waals surface area contributed by atoms with Crippen LogP contribution >= 0.6 is 0 Å². The molecule has 0 spiro atoms. The van der Waals surface area contributed by atoms with Gasteiger partial charge in [0.2, 0.25) is 5.91 Å². The number of rotatable bonds is 4. The molecule has 16 heavy (non-hydrogen) atoms. The Labute approximate surface area is 95.7 Å². The maximum atomic E-state index is 11.7. The summed E-state index contributed by atoms with van der Waals surface area (Å²) in [7, 11) is -3.70.